The molecule has 0 atom stereocenters. The highest BCUT2D eigenvalue weighted by Gasteiger charge is 2.29. The van der Waals surface area contributed by atoms with Crippen molar-refractivity contribution in [2.45, 2.75) is 43.4 Å². The summed E-state index contributed by atoms with van der Waals surface area (Å²) in [6.45, 7) is 1.03. The van der Waals surface area contributed by atoms with Gasteiger partial charge in [0.15, 0.2) is 0 Å². The minimum absolute atomic E-state index is 0.100. The summed E-state index contributed by atoms with van der Waals surface area (Å²) in [6, 6.07) is 6.73. The Bertz CT molecular complexity index is 970. The highest BCUT2D eigenvalue weighted by Crippen LogP contribution is 2.33. The molecule has 0 radical (unpaired) electrons. The molecule has 1 aromatic carbocycles. The number of aryl methyl sites for hydroxylation is 2. The van der Waals surface area contributed by atoms with Gasteiger partial charge in [-0.1, -0.05) is 6.42 Å². The number of anilines is 1. The molecule has 1 aromatic heterocycles. The Morgan fingerprint density at radius 2 is 1.89 bits per heavy atom. The topological polar surface area (TPSA) is 75.7 Å². The van der Waals surface area contributed by atoms with E-state index in [2.05, 4.69) is 5.32 Å². The molecule has 2 aromatic rings. The molecule has 1 amide bonds. The highest BCUT2D eigenvalue weighted by molar-refractivity contribution is 7.89. The van der Waals surface area contributed by atoms with Crippen LogP contribution in [-0.4, -0.2) is 38.8 Å². The summed E-state index contributed by atoms with van der Waals surface area (Å²) >= 11 is 1.53. The van der Waals surface area contributed by atoms with Crippen LogP contribution >= 0.6 is 11.3 Å². The fourth-order valence-electron chi connectivity index (χ4n) is 3.83. The van der Waals surface area contributed by atoms with Crippen molar-refractivity contribution in [3.63, 3.8) is 0 Å². The molecule has 0 bridgehead atoms. The molecule has 8 heteroatoms. The van der Waals surface area contributed by atoms with Gasteiger partial charge in [0.2, 0.25) is 10.0 Å². The molecule has 2 heterocycles. The number of thiophene rings is 1. The summed E-state index contributed by atoms with van der Waals surface area (Å²) < 4.78 is 33.0. The first-order valence-electron chi connectivity index (χ1n) is 9.60. The second-order valence-corrected chi connectivity index (χ2v) is 10.2. The van der Waals surface area contributed by atoms with Crippen molar-refractivity contribution in [2.75, 3.05) is 25.5 Å². The van der Waals surface area contributed by atoms with Crippen molar-refractivity contribution in [1.29, 1.82) is 0 Å². The third-order valence-corrected chi connectivity index (χ3v) is 8.48. The molecule has 28 heavy (non-hydrogen) atoms. The maximum atomic E-state index is 13.1. The number of benzene rings is 1. The Balaban J connectivity index is 1.60. The molecular formula is C20H24N2O4S2. The largest absolute Gasteiger partial charge is 0.495 e. The Kier molecular flexibility index (Phi) is 5.44. The monoisotopic (exact) mass is 420 g/mol. The molecule has 1 aliphatic carbocycles. The van der Waals surface area contributed by atoms with E-state index in [-0.39, 0.29) is 10.8 Å². The third kappa shape index (κ3) is 3.68. The van der Waals surface area contributed by atoms with E-state index in [4.69, 9.17) is 4.74 Å². The van der Waals surface area contributed by atoms with Gasteiger partial charge in [-0.15, -0.1) is 11.3 Å². The molecule has 2 aliphatic rings. The molecule has 150 valence electrons. The number of ether oxygens (including phenoxy) is 1. The maximum Gasteiger partial charge on any atom is 0.265 e. The summed E-state index contributed by atoms with van der Waals surface area (Å²) in [4.78, 5) is 14.7. The number of nitrogens with one attached hydrogen (secondary N) is 1. The van der Waals surface area contributed by atoms with Crippen LogP contribution in [0.4, 0.5) is 5.69 Å². The number of fused-ring (bicyclic) bond motifs is 1. The maximum absolute atomic E-state index is 13.1. The van der Waals surface area contributed by atoms with Crippen LogP contribution in [0.1, 0.15) is 45.8 Å². The molecule has 1 N–H and O–H groups in total. The van der Waals surface area contributed by atoms with Crippen LogP contribution in [-0.2, 0) is 22.9 Å². The first-order valence-corrected chi connectivity index (χ1v) is 11.9. The predicted molar refractivity (Wildman–Crippen MR) is 110 cm³/mol. The number of rotatable bonds is 5. The van der Waals surface area contributed by atoms with Crippen molar-refractivity contribution < 1.29 is 17.9 Å². The second kappa shape index (κ2) is 7.85. The van der Waals surface area contributed by atoms with Gasteiger partial charge in [-0.3, -0.25) is 4.79 Å². The summed E-state index contributed by atoms with van der Waals surface area (Å²) in [5.74, 6) is 0.0876. The molecule has 1 saturated heterocycles. The normalized spacial score (nSPS) is 17.3. The first kappa shape index (κ1) is 19.4. The quantitative estimate of drug-likeness (QED) is 0.801. The Morgan fingerprint density at radius 1 is 1.11 bits per heavy atom. The van der Waals surface area contributed by atoms with E-state index >= 15 is 0 Å². The Labute approximate surface area is 169 Å². The molecule has 0 spiro atoms. The minimum Gasteiger partial charge on any atom is -0.495 e. The SMILES string of the molecule is COc1ccc(NC(=O)c2cc3c(s2)CCC3)cc1S(=O)(=O)N1CCCCC1. The number of sulfonamides is 1. The van der Waals surface area contributed by atoms with Crippen LogP contribution < -0.4 is 10.1 Å². The lowest BCUT2D eigenvalue weighted by Crippen LogP contribution is -2.35. The van der Waals surface area contributed by atoms with Gasteiger partial charge in [-0.05, 0) is 61.9 Å². The van der Waals surface area contributed by atoms with Crippen molar-refractivity contribution in [1.82, 2.24) is 4.31 Å². The van der Waals surface area contributed by atoms with E-state index in [1.165, 1.54) is 39.3 Å². The number of carbonyl (C=O) groups excluding carboxylic acids is 1. The summed E-state index contributed by atoms with van der Waals surface area (Å²) in [5.41, 5.74) is 1.72. The fourth-order valence-corrected chi connectivity index (χ4v) is 6.68. The number of methoxy groups -OCH3 is 1. The van der Waals surface area contributed by atoms with E-state index in [0.717, 1.165) is 38.5 Å². The van der Waals surface area contributed by atoms with Crippen molar-refractivity contribution >= 4 is 33.0 Å². The van der Waals surface area contributed by atoms with Crippen molar-refractivity contribution in [3.05, 3.63) is 39.6 Å². The lowest BCUT2D eigenvalue weighted by Gasteiger charge is -2.26. The van der Waals surface area contributed by atoms with Gasteiger partial charge < -0.3 is 10.1 Å². The van der Waals surface area contributed by atoms with Gasteiger partial charge >= 0.3 is 0 Å². The van der Waals surface area contributed by atoms with E-state index in [1.54, 1.807) is 12.1 Å². The van der Waals surface area contributed by atoms with Gasteiger partial charge in [0.05, 0.1) is 12.0 Å². The number of nitrogens with zero attached hydrogens (tertiary/aromatic N) is 1. The van der Waals surface area contributed by atoms with Crippen molar-refractivity contribution in [2.24, 2.45) is 0 Å². The smallest absolute Gasteiger partial charge is 0.265 e. The summed E-state index contributed by atoms with van der Waals surface area (Å²) in [5, 5.41) is 2.85. The zero-order valence-corrected chi connectivity index (χ0v) is 17.5. The average Bonchev–Trinajstić information content (AvgIpc) is 3.31. The van der Waals surface area contributed by atoms with E-state index in [0.29, 0.717) is 29.4 Å². The van der Waals surface area contributed by atoms with Gasteiger partial charge in [-0.25, -0.2) is 8.42 Å². The Morgan fingerprint density at radius 3 is 2.61 bits per heavy atom. The number of piperidine rings is 1. The van der Waals surface area contributed by atoms with Crippen LogP contribution in [0.3, 0.4) is 0 Å². The predicted octanol–water partition coefficient (Wildman–Crippen LogP) is 3.67. The number of amides is 1. The zero-order chi connectivity index (χ0) is 19.7. The van der Waals surface area contributed by atoms with Crippen LogP contribution in [0.5, 0.6) is 5.75 Å². The molecular weight excluding hydrogens is 396 g/mol. The fraction of sp³-hybridized carbons (Fsp3) is 0.450. The molecule has 1 aliphatic heterocycles. The molecule has 1 fully saturated rings. The third-order valence-electron chi connectivity index (χ3n) is 5.32. The highest BCUT2D eigenvalue weighted by atomic mass is 32.2. The van der Waals surface area contributed by atoms with E-state index < -0.39 is 10.0 Å². The standard InChI is InChI=1S/C20H24N2O4S2/c1-26-16-9-8-15(13-19(16)28(24,25)22-10-3-2-4-11-22)21-20(23)18-12-14-6-5-7-17(14)27-18/h8-9,12-13H,2-7,10-11H2,1H3,(H,21,23). The average molecular weight is 421 g/mol. The molecule has 0 unspecified atom stereocenters. The number of carbonyl (C=O) groups is 1. The van der Waals surface area contributed by atoms with Crippen LogP contribution in [0.2, 0.25) is 0 Å². The molecule has 4 rings (SSSR count). The van der Waals surface area contributed by atoms with E-state index in [9.17, 15) is 13.2 Å². The van der Waals surface area contributed by atoms with E-state index in [1.807, 2.05) is 6.07 Å². The van der Waals surface area contributed by atoms with Gasteiger partial charge in [-0.2, -0.15) is 4.31 Å². The second-order valence-electron chi connectivity index (χ2n) is 7.20. The number of hydrogen-bond donors (Lipinski definition) is 1. The zero-order valence-electron chi connectivity index (χ0n) is 15.9. The lowest BCUT2D eigenvalue weighted by molar-refractivity contribution is 0.103. The minimum atomic E-state index is -3.67. The van der Waals surface area contributed by atoms with Gasteiger partial charge in [0.1, 0.15) is 10.6 Å². The summed E-state index contributed by atoms with van der Waals surface area (Å²) in [6.07, 6.45) is 5.99. The van der Waals surface area contributed by atoms with Gasteiger partial charge in [0.25, 0.3) is 5.91 Å². The van der Waals surface area contributed by atoms with Crippen molar-refractivity contribution in [3.8, 4) is 5.75 Å². The lowest BCUT2D eigenvalue weighted by atomic mass is 10.2. The number of hydrogen-bond acceptors (Lipinski definition) is 5. The van der Waals surface area contributed by atoms with Crippen LogP contribution in [0, 0.1) is 0 Å². The molecule has 6 nitrogen and oxygen atoms in total. The first-order chi connectivity index (χ1) is 13.5. The van der Waals surface area contributed by atoms with Crippen LogP contribution in [0.25, 0.3) is 0 Å². The van der Waals surface area contributed by atoms with Gasteiger partial charge in [0, 0.05) is 23.7 Å². The van der Waals surface area contributed by atoms with Crippen LogP contribution in [0.15, 0.2) is 29.2 Å². The summed E-state index contributed by atoms with van der Waals surface area (Å²) in [7, 11) is -2.21. The molecule has 0 saturated carbocycles. The Hall–Kier alpha value is -1.90.